The second-order valence-corrected chi connectivity index (χ2v) is 10.7. The molecule has 1 saturated heterocycles. The van der Waals surface area contributed by atoms with Crippen molar-refractivity contribution in [2.75, 3.05) is 42.6 Å². The molecule has 0 unspecified atom stereocenters. The van der Waals surface area contributed by atoms with Crippen molar-refractivity contribution in [3.8, 4) is 28.6 Å². The molecule has 0 radical (unpaired) electrons. The highest BCUT2D eigenvalue weighted by Gasteiger charge is 2.27. The van der Waals surface area contributed by atoms with Crippen LogP contribution in [-0.4, -0.2) is 57.8 Å². The minimum absolute atomic E-state index is 0.0968. The summed E-state index contributed by atoms with van der Waals surface area (Å²) in [5.74, 6) is -0.627. The fourth-order valence-electron chi connectivity index (χ4n) is 5.04. The summed E-state index contributed by atoms with van der Waals surface area (Å²) in [6.45, 7) is 4.95. The second kappa shape index (κ2) is 10.7. The normalized spacial score (nSPS) is 15.8. The number of nitrogen functional groups attached to an aromatic ring is 1. The standard InChI is InChI=1S/C29H32F2N8O/c1-29(2,40)16-36-24-13-22(31)20(12-23(24)33)26-25(17-6-7-18(14-32)21(30)11-17)37-28-27(35-8-10-39(26)28)38-9-4-5-19(15-38)34-3/h6-8,10-13,19,34,36,40H,4-5,9,15-16,33H2,1-3H3/t19-/m1/s1. The van der Waals surface area contributed by atoms with Crippen molar-refractivity contribution < 1.29 is 13.9 Å². The zero-order valence-corrected chi connectivity index (χ0v) is 22.7. The molecule has 1 atom stereocenters. The lowest BCUT2D eigenvalue weighted by Crippen LogP contribution is -2.44. The van der Waals surface area contributed by atoms with Crippen LogP contribution in [0.15, 0.2) is 42.7 Å². The third-order valence-electron chi connectivity index (χ3n) is 7.12. The van der Waals surface area contributed by atoms with Crippen LogP contribution in [0.25, 0.3) is 28.2 Å². The summed E-state index contributed by atoms with van der Waals surface area (Å²) >= 11 is 0. The number of nitriles is 1. The molecule has 5 N–H and O–H groups in total. The van der Waals surface area contributed by atoms with Gasteiger partial charge in [-0.05, 0) is 58.0 Å². The summed E-state index contributed by atoms with van der Waals surface area (Å²) in [7, 11) is 1.93. The Bertz CT molecular complexity index is 1600. The van der Waals surface area contributed by atoms with Crippen molar-refractivity contribution >= 4 is 22.8 Å². The van der Waals surface area contributed by atoms with Crippen molar-refractivity contribution in [1.29, 1.82) is 5.26 Å². The summed E-state index contributed by atoms with van der Waals surface area (Å²) in [5.41, 5.74) is 7.58. The quantitative estimate of drug-likeness (QED) is 0.255. The number of likely N-dealkylation sites (N-methyl/N-ethyl adjacent to an activating group) is 1. The highest BCUT2D eigenvalue weighted by Crippen LogP contribution is 2.39. The molecule has 0 aliphatic carbocycles. The van der Waals surface area contributed by atoms with Crippen LogP contribution in [-0.2, 0) is 0 Å². The van der Waals surface area contributed by atoms with Crippen LogP contribution in [0.5, 0.6) is 0 Å². The molecule has 4 aromatic rings. The molecule has 5 rings (SSSR count). The Morgan fingerprint density at radius 3 is 2.73 bits per heavy atom. The van der Waals surface area contributed by atoms with Gasteiger partial charge in [0, 0.05) is 49.2 Å². The van der Waals surface area contributed by atoms with E-state index in [0.717, 1.165) is 25.9 Å². The first kappa shape index (κ1) is 27.3. The molecule has 0 amide bonds. The molecule has 11 heteroatoms. The molecule has 1 fully saturated rings. The van der Waals surface area contributed by atoms with Crippen LogP contribution in [0.3, 0.4) is 0 Å². The number of benzene rings is 2. The average Bonchev–Trinajstić information content (AvgIpc) is 3.32. The average molecular weight is 547 g/mol. The summed E-state index contributed by atoms with van der Waals surface area (Å²) in [6.07, 6.45) is 5.35. The maximum atomic E-state index is 15.8. The lowest BCUT2D eigenvalue weighted by Gasteiger charge is -2.33. The van der Waals surface area contributed by atoms with Gasteiger partial charge < -0.3 is 26.4 Å². The molecular formula is C29H32F2N8O. The molecule has 3 heterocycles. The number of imidazole rings is 1. The number of rotatable bonds is 7. The first-order valence-corrected chi connectivity index (χ1v) is 13.1. The van der Waals surface area contributed by atoms with Crippen molar-refractivity contribution in [2.45, 2.75) is 38.3 Å². The molecule has 208 valence electrons. The van der Waals surface area contributed by atoms with Gasteiger partial charge in [-0.2, -0.15) is 5.26 Å². The van der Waals surface area contributed by atoms with Gasteiger partial charge in [-0.15, -0.1) is 0 Å². The van der Waals surface area contributed by atoms with Crippen molar-refractivity contribution in [1.82, 2.24) is 19.7 Å². The van der Waals surface area contributed by atoms with E-state index >= 15 is 4.39 Å². The van der Waals surface area contributed by atoms with E-state index in [1.165, 1.54) is 24.3 Å². The molecule has 40 heavy (non-hydrogen) atoms. The van der Waals surface area contributed by atoms with Gasteiger partial charge >= 0.3 is 0 Å². The number of piperidine rings is 1. The van der Waals surface area contributed by atoms with E-state index in [2.05, 4.69) is 20.5 Å². The number of anilines is 3. The fourth-order valence-corrected chi connectivity index (χ4v) is 5.04. The Morgan fingerprint density at radius 1 is 1.23 bits per heavy atom. The topological polar surface area (TPSA) is 128 Å². The Balaban J connectivity index is 1.71. The van der Waals surface area contributed by atoms with E-state index in [1.54, 1.807) is 36.7 Å². The maximum Gasteiger partial charge on any atom is 0.181 e. The lowest BCUT2D eigenvalue weighted by molar-refractivity contribution is 0.0945. The smallest absolute Gasteiger partial charge is 0.181 e. The molecule has 0 saturated carbocycles. The number of hydrogen-bond donors (Lipinski definition) is 4. The zero-order valence-electron chi connectivity index (χ0n) is 22.7. The summed E-state index contributed by atoms with van der Waals surface area (Å²) in [4.78, 5) is 11.7. The number of nitrogens with two attached hydrogens (primary N) is 1. The van der Waals surface area contributed by atoms with E-state index in [9.17, 15) is 14.8 Å². The number of halogens is 2. The van der Waals surface area contributed by atoms with Crippen LogP contribution < -0.4 is 21.3 Å². The van der Waals surface area contributed by atoms with Gasteiger partial charge in [-0.3, -0.25) is 4.40 Å². The minimum Gasteiger partial charge on any atom is -0.397 e. The fraction of sp³-hybridized carbons (Fsp3) is 0.345. The van der Waals surface area contributed by atoms with Gasteiger partial charge in [0.05, 0.1) is 33.9 Å². The van der Waals surface area contributed by atoms with Gasteiger partial charge in [0.15, 0.2) is 11.5 Å². The Labute approximate surface area is 231 Å². The minimum atomic E-state index is -1.03. The van der Waals surface area contributed by atoms with Crippen molar-refractivity contribution in [3.63, 3.8) is 0 Å². The molecule has 0 bridgehead atoms. The summed E-state index contributed by atoms with van der Waals surface area (Å²) in [6, 6.07) is 9.12. The van der Waals surface area contributed by atoms with E-state index < -0.39 is 17.2 Å². The van der Waals surface area contributed by atoms with E-state index in [-0.39, 0.29) is 23.4 Å². The van der Waals surface area contributed by atoms with Crippen molar-refractivity contribution in [2.24, 2.45) is 0 Å². The van der Waals surface area contributed by atoms with E-state index in [0.29, 0.717) is 40.1 Å². The third kappa shape index (κ3) is 5.28. The van der Waals surface area contributed by atoms with Gasteiger partial charge in [0.2, 0.25) is 0 Å². The first-order chi connectivity index (χ1) is 19.1. The number of aliphatic hydroxyl groups is 1. The van der Waals surface area contributed by atoms with E-state index in [1.807, 2.05) is 13.1 Å². The number of hydrogen-bond acceptors (Lipinski definition) is 8. The van der Waals surface area contributed by atoms with Crippen molar-refractivity contribution in [3.05, 3.63) is 59.9 Å². The Kier molecular flexibility index (Phi) is 7.31. The van der Waals surface area contributed by atoms with Crippen LogP contribution in [0.2, 0.25) is 0 Å². The molecule has 0 spiro atoms. The maximum absolute atomic E-state index is 15.8. The number of nitrogens with zero attached hydrogens (tertiary/aromatic N) is 5. The molecule has 9 nitrogen and oxygen atoms in total. The van der Waals surface area contributed by atoms with E-state index in [4.69, 9.17) is 10.7 Å². The van der Waals surface area contributed by atoms with Crippen LogP contribution in [0.4, 0.5) is 26.0 Å². The van der Waals surface area contributed by atoms with Gasteiger partial charge in [0.25, 0.3) is 0 Å². The predicted molar refractivity (Wildman–Crippen MR) is 152 cm³/mol. The van der Waals surface area contributed by atoms with Crippen LogP contribution in [0.1, 0.15) is 32.3 Å². The highest BCUT2D eigenvalue weighted by molar-refractivity contribution is 5.87. The Hall–Kier alpha value is -4.27. The number of aromatic nitrogens is 3. The van der Waals surface area contributed by atoms with Gasteiger partial charge in [0.1, 0.15) is 17.7 Å². The SMILES string of the molecule is CN[C@@H]1CCCN(c2nccn3c(-c4cc(N)c(NCC(C)(C)O)cc4F)c(-c4ccc(C#N)c(F)c4)nc23)C1. The second-order valence-electron chi connectivity index (χ2n) is 10.7. The van der Waals surface area contributed by atoms with Crippen LogP contribution >= 0.6 is 0 Å². The number of nitrogens with one attached hydrogen (secondary N) is 2. The largest absolute Gasteiger partial charge is 0.397 e. The zero-order chi connectivity index (χ0) is 28.6. The predicted octanol–water partition coefficient (Wildman–Crippen LogP) is 4.17. The van der Waals surface area contributed by atoms with Gasteiger partial charge in [-0.1, -0.05) is 6.07 Å². The molecule has 2 aromatic carbocycles. The van der Waals surface area contributed by atoms with Crippen LogP contribution in [0, 0.1) is 23.0 Å². The molecule has 1 aliphatic rings. The third-order valence-corrected chi connectivity index (χ3v) is 7.12. The lowest BCUT2D eigenvalue weighted by atomic mass is 10.0. The van der Waals surface area contributed by atoms with Gasteiger partial charge in [-0.25, -0.2) is 18.7 Å². The summed E-state index contributed by atoms with van der Waals surface area (Å²) in [5, 5.41) is 25.6. The Morgan fingerprint density at radius 2 is 2.02 bits per heavy atom. The molecular weight excluding hydrogens is 514 g/mol. The number of fused-ring (bicyclic) bond motifs is 1. The monoisotopic (exact) mass is 546 g/mol. The summed E-state index contributed by atoms with van der Waals surface area (Å²) < 4.78 is 32.3. The molecule has 1 aliphatic heterocycles. The first-order valence-electron chi connectivity index (χ1n) is 13.1. The highest BCUT2D eigenvalue weighted by atomic mass is 19.1. The molecule has 2 aromatic heterocycles.